The Morgan fingerprint density at radius 3 is 2.15 bits per heavy atom. The van der Waals surface area contributed by atoms with Crippen LogP contribution >= 0.6 is 0 Å². The van der Waals surface area contributed by atoms with Crippen LogP contribution < -0.4 is 19.6 Å². The van der Waals surface area contributed by atoms with Gasteiger partial charge in [0.05, 0.1) is 18.4 Å². The molecule has 11 nitrogen and oxygen atoms in total. The van der Waals surface area contributed by atoms with E-state index in [4.69, 9.17) is 18.9 Å². The fourth-order valence-corrected chi connectivity index (χ4v) is 4.84. The van der Waals surface area contributed by atoms with Crippen LogP contribution in [-0.4, -0.2) is 64.5 Å². The van der Waals surface area contributed by atoms with Gasteiger partial charge in [0.15, 0.2) is 5.60 Å². The number of rotatable bonds is 17. The Morgan fingerprint density at radius 2 is 1.54 bits per heavy atom. The van der Waals surface area contributed by atoms with Gasteiger partial charge in [-0.2, -0.15) is 5.10 Å². The van der Waals surface area contributed by atoms with E-state index in [1.807, 2.05) is 39.8 Å². The van der Waals surface area contributed by atoms with Crippen molar-refractivity contribution in [1.29, 1.82) is 0 Å². The average Bonchev–Trinajstić information content (AvgIpc) is 3.04. The van der Waals surface area contributed by atoms with Gasteiger partial charge in [0.1, 0.15) is 17.2 Å². The molecule has 0 fully saturated rings. The summed E-state index contributed by atoms with van der Waals surface area (Å²) in [7, 11) is 0. The van der Waals surface area contributed by atoms with Crippen molar-refractivity contribution in [2.24, 2.45) is 5.10 Å². The Bertz CT molecular complexity index is 1510. The van der Waals surface area contributed by atoms with Crippen LogP contribution in [0.3, 0.4) is 0 Å². The molecule has 48 heavy (non-hydrogen) atoms. The van der Waals surface area contributed by atoms with Gasteiger partial charge in [0.25, 0.3) is 11.8 Å². The van der Waals surface area contributed by atoms with E-state index in [0.29, 0.717) is 29.0 Å². The summed E-state index contributed by atoms with van der Waals surface area (Å²) in [5.74, 6) is 0.0865. The third kappa shape index (κ3) is 10.8. The summed E-state index contributed by atoms with van der Waals surface area (Å²) in [4.78, 5) is 44.4. The summed E-state index contributed by atoms with van der Waals surface area (Å²) in [5.41, 5.74) is 2.65. The molecule has 0 aliphatic heterocycles. The second kappa shape index (κ2) is 17.8. The first kappa shape index (κ1) is 37.5. The molecule has 1 heterocycles. The smallest absolute Gasteiger partial charge is 0.349 e. The molecule has 258 valence electrons. The zero-order valence-corrected chi connectivity index (χ0v) is 29.2. The van der Waals surface area contributed by atoms with Crippen molar-refractivity contribution in [2.45, 2.75) is 98.6 Å². The van der Waals surface area contributed by atoms with Crippen LogP contribution in [0.15, 0.2) is 72.1 Å². The number of ether oxygens (including phenoxy) is 4. The number of hydrogen-bond donors (Lipinski definition) is 1. The van der Waals surface area contributed by atoms with Crippen molar-refractivity contribution in [1.82, 2.24) is 15.3 Å². The number of carbonyl (C=O) groups excluding carboxylic acids is 3. The quantitative estimate of drug-likeness (QED) is 0.0725. The van der Waals surface area contributed by atoms with Crippen molar-refractivity contribution in [2.75, 3.05) is 6.61 Å². The van der Waals surface area contributed by atoms with Crippen molar-refractivity contribution in [3.8, 4) is 17.2 Å². The fourth-order valence-electron chi connectivity index (χ4n) is 4.84. The molecule has 0 radical (unpaired) electrons. The second-order valence-electron chi connectivity index (χ2n) is 12.2. The van der Waals surface area contributed by atoms with E-state index in [0.717, 1.165) is 18.4 Å². The maximum Gasteiger partial charge on any atom is 0.349 e. The molecule has 1 unspecified atom stereocenters. The van der Waals surface area contributed by atoms with E-state index in [2.05, 4.69) is 22.4 Å². The lowest BCUT2D eigenvalue weighted by Crippen LogP contribution is -2.43. The third-order valence-corrected chi connectivity index (χ3v) is 7.19. The first-order valence-electron chi connectivity index (χ1n) is 16.4. The number of esters is 1. The minimum Gasteiger partial charge on any atom is -0.475 e. The summed E-state index contributed by atoms with van der Waals surface area (Å²) in [6, 6.07) is 15.3. The van der Waals surface area contributed by atoms with Gasteiger partial charge in [-0.05, 0) is 109 Å². The van der Waals surface area contributed by atoms with E-state index in [1.54, 1.807) is 80.5 Å². The topological polar surface area (TPSA) is 129 Å². The molecule has 0 bridgehead atoms. The number of unbranched alkanes of at least 4 members (excludes halogenated alkanes) is 1. The lowest BCUT2D eigenvalue weighted by molar-refractivity contribution is -0.158. The largest absolute Gasteiger partial charge is 0.475 e. The number of benzene rings is 2. The van der Waals surface area contributed by atoms with E-state index >= 15 is 0 Å². The summed E-state index contributed by atoms with van der Waals surface area (Å²) >= 11 is 0. The number of carbonyl (C=O) groups is 3. The van der Waals surface area contributed by atoms with Gasteiger partial charge < -0.3 is 23.8 Å². The predicted molar refractivity (Wildman–Crippen MR) is 185 cm³/mol. The van der Waals surface area contributed by atoms with Gasteiger partial charge in [0, 0.05) is 42.5 Å². The fraction of sp³-hybridized carbons (Fsp3) is 0.432. The van der Waals surface area contributed by atoms with Crippen LogP contribution in [0.25, 0.3) is 0 Å². The minimum atomic E-state index is -1.37. The predicted octanol–water partition coefficient (Wildman–Crippen LogP) is 6.80. The van der Waals surface area contributed by atoms with Crippen molar-refractivity contribution in [3.63, 3.8) is 0 Å². The van der Waals surface area contributed by atoms with Crippen molar-refractivity contribution < 1.29 is 33.3 Å². The lowest BCUT2D eigenvalue weighted by Gasteiger charge is -2.32. The number of nitrogens with zero attached hydrogens (tertiary/aromatic N) is 3. The Balaban J connectivity index is 1.82. The summed E-state index contributed by atoms with van der Waals surface area (Å²) < 4.78 is 24.0. The maximum atomic E-state index is 13.8. The number of pyridine rings is 1. The highest BCUT2D eigenvalue weighted by Gasteiger charge is 2.34. The molecule has 1 atom stereocenters. The van der Waals surface area contributed by atoms with Gasteiger partial charge in [-0.3, -0.25) is 14.6 Å². The number of hydrogen-bond acceptors (Lipinski definition) is 9. The number of aromatic nitrogens is 1. The zero-order valence-electron chi connectivity index (χ0n) is 29.2. The van der Waals surface area contributed by atoms with E-state index in [-0.39, 0.29) is 36.3 Å². The van der Waals surface area contributed by atoms with E-state index < -0.39 is 17.9 Å². The molecule has 2 amide bonds. The second-order valence-corrected chi connectivity index (χ2v) is 12.2. The van der Waals surface area contributed by atoms with Gasteiger partial charge in [-0.25, -0.2) is 10.2 Å². The Kier molecular flexibility index (Phi) is 13.9. The lowest BCUT2D eigenvalue weighted by atomic mass is 10.1. The maximum absolute atomic E-state index is 13.8. The van der Waals surface area contributed by atoms with E-state index in [9.17, 15) is 14.4 Å². The molecule has 1 aromatic heterocycles. The molecule has 0 saturated carbocycles. The highest BCUT2D eigenvalue weighted by atomic mass is 16.7. The molecular weight excluding hydrogens is 612 g/mol. The Labute approximate surface area is 283 Å². The monoisotopic (exact) mass is 660 g/mol. The Morgan fingerprint density at radius 1 is 0.917 bits per heavy atom. The molecule has 3 rings (SSSR count). The normalized spacial score (nSPS) is 12.1. The molecule has 1 N–H and O–H groups in total. The average molecular weight is 661 g/mol. The Hall–Kier alpha value is -4.93. The molecule has 0 saturated heterocycles. The third-order valence-electron chi connectivity index (χ3n) is 7.19. The van der Waals surface area contributed by atoms with Gasteiger partial charge in [-0.1, -0.05) is 13.3 Å². The highest BCUT2D eigenvalue weighted by Crippen LogP contribution is 2.32. The van der Waals surface area contributed by atoms with E-state index in [1.165, 1.54) is 6.21 Å². The van der Waals surface area contributed by atoms with Gasteiger partial charge >= 0.3 is 5.97 Å². The molecule has 11 heteroatoms. The first-order valence-corrected chi connectivity index (χ1v) is 16.4. The van der Waals surface area contributed by atoms with Crippen LogP contribution in [0.4, 0.5) is 0 Å². The van der Waals surface area contributed by atoms with Crippen LogP contribution in [0.2, 0.25) is 0 Å². The molecule has 3 aromatic rings. The van der Waals surface area contributed by atoms with Crippen LogP contribution in [0, 0.1) is 0 Å². The molecule has 0 aliphatic rings. The van der Waals surface area contributed by atoms with Crippen LogP contribution in [0.5, 0.6) is 17.2 Å². The standard InChI is InChI=1S/C37H48N4O7/c1-9-11-12-33(46-29-15-13-27(14-16-29)24-39-40-34(42)28-19-21-38-22-20-28)47-30-17-18-31(35(43)41(25(3)4)26(5)6)32(23-30)48-37(7,8)36(44)45-10-2/h13-26,33H,9-12H2,1-8H3,(H,40,42). The summed E-state index contributed by atoms with van der Waals surface area (Å²) in [6.45, 7) is 15.0. The number of hydrazone groups is 1. The minimum absolute atomic E-state index is 0.0605. The summed E-state index contributed by atoms with van der Waals surface area (Å²) in [6.07, 6.45) is 6.34. The van der Waals surface area contributed by atoms with Crippen molar-refractivity contribution >= 4 is 24.0 Å². The van der Waals surface area contributed by atoms with Crippen molar-refractivity contribution in [3.05, 3.63) is 83.7 Å². The molecular formula is C37H48N4O7. The molecule has 2 aromatic carbocycles. The first-order chi connectivity index (χ1) is 22.9. The van der Waals surface area contributed by atoms with Crippen LogP contribution in [-0.2, 0) is 9.53 Å². The van der Waals surface area contributed by atoms with Gasteiger partial charge in [-0.15, -0.1) is 0 Å². The summed E-state index contributed by atoms with van der Waals surface area (Å²) in [5, 5.41) is 4.03. The zero-order chi connectivity index (χ0) is 35.3. The molecule has 0 spiro atoms. The van der Waals surface area contributed by atoms with Gasteiger partial charge in [0.2, 0.25) is 6.29 Å². The number of nitrogens with one attached hydrogen (secondary N) is 1. The molecule has 0 aliphatic carbocycles. The highest BCUT2D eigenvalue weighted by molar-refractivity contribution is 5.98. The number of amides is 2. The van der Waals surface area contributed by atoms with Crippen LogP contribution in [0.1, 0.15) is 101 Å². The SMILES string of the molecule is CCCCC(Oc1ccc(C=NNC(=O)c2ccncc2)cc1)Oc1ccc(C(=O)N(C(C)C)C(C)C)c(OC(C)(C)C(=O)OCC)c1.